The van der Waals surface area contributed by atoms with Gasteiger partial charge in [-0.1, -0.05) is 6.42 Å². The summed E-state index contributed by atoms with van der Waals surface area (Å²) in [4.78, 5) is 2.64. The van der Waals surface area contributed by atoms with E-state index in [0.717, 1.165) is 6.04 Å². The highest BCUT2D eigenvalue weighted by Crippen LogP contribution is 2.33. The van der Waals surface area contributed by atoms with Crippen LogP contribution >= 0.6 is 0 Å². The summed E-state index contributed by atoms with van der Waals surface area (Å²) in [5, 5.41) is 0. The molecular formula is C12H24N2O. The summed E-state index contributed by atoms with van der Waals surface area (Å²) >= 11 is 0. The van der Waals surface area contributed by atoms with Crippen LogP contribution in [0, 0.1) is 0 Å². The molecule has 0 radical (unpaired) electrons. The Morgan fingerprint density at radius 3 is 2.67 bits per heavy atom. The van der Waals surface area contributed by atoms with Crippen molar-refractivity contribution in [3.8, 4) is 0 Å². The second-order valence-electron chi connectivity index (χ2n) is 5.14. The molecule has 15 heavy (non-hydrogen) atoms. The number of hydrogen-bond acceptors (Lipinski definition) is 3. The summed E-state index contributed by atoms with van der Waals surface area (Å²) in [6, 6.07) is 1.67. The molecule has 0 aromatic rings. The van der Waals surface area contributed by atoms with Crippen LogP contribution in [0.5, 0.6) is 0 Å². The number of hydrogen-bond donors (Lipinski definition) is 1. The molecule has 1 aliphatic heterocycles. The standard InChI is InChI=1S/C12H24N2O/c1-9(13)12-5-3-4-6-14(12)10-7-11(8-10)15-2/h9-12H,3-8,13H2,1-2H3. The van der Waals surface area contributed by atoms with Gasteiger partial charge >= 0.3 is 0 Å². The number of likely N-dealkylation sites (tertiary alicyclic amines) is 1. The van der Waals surface area contributed by atoms with Gasteiger partial charge in [-0.15, -0.1) is 0 Å². The van der Waals surface area contributed by atoms with Gasteiger partial charge < -0.3 is 10.5 Å². The Morgan fingerprint density at radius 1 is 1.33 bits per heavy atom. The first kappa shape index (κ1) is 11.4. The number of rotatable bonds is 3. The third-order valence-corrected chi connectivity index (χ3v) is 4.07. The van der Waals surface area contributed by atoms with Gasteiger partial charge in [0.05, 0.1) is 6.10 Å². The molecule has 2 rings (SSSR count). The molecule has 3 nitrogen and oxygen atoms in total. The predicted octanol–water partition coefficient (Wildman–Crippen LogP) is 1.37. The summed E-state index contributed by atoms with van der Waals surface area (Å²) < 4.78 is 5.34. The monoisotopic (exact) mass is 212 g/mol. The molecule has 0 spiro atoms. The van der Waals surface area contributed by atoms with E-state index in [1.165, 1.54) is 38.6 Å². The van der Waals surface area contributed by atoms with Gasteiger partial charge in [-0.05, 0) is 39.2 Å². The fourth-order valence-electron chi connectivity index (χ4n) is 3.00. The number of nitrogens with zero attached hydrogens (tertiary/aromatic N) is 1. The summed E-state index contributed by atoms with van der Waals surface area (Å²) in [5.74, 6) is 0. The maximum Gasteiger partial charge on any atom is 0.0601 e. The average Bonchev–Trinajstić information content (AvgIpc) is 2.16. The van der Waals surface area contributed by atoms with Gasteiger partial charge in [0.2, 0.25) is 0 Å². The van der Waals surface area contributed by atoms with Crippen molar-refractivity contribution in [3.05, 3.63) is 0 Å². The Hall–Kier alpha value is -0.120. The van der Waals surface area contributed by atoms with Gasteiger partial charge in [-0.25, -0.2) is 0 Å². The van der Waals surface area contributed by atoms with E-state index in [2.05, 4.69) is 11.8 Å². The largest absolute Gasteiger partial charge is 0.381 e. The van der Waals surface area contributed by atoms with Crippen LogP contribution < -0.4 is 5.73 Å². The summed E-state index contributed by atoms with van der Waals surface area (Å²) in [6.45, 7) is 3.39. The van der Waals surface area contributed by atoms with Gasteiger partial charge in [0.25, 0.3) is 0 Å². The zero-order valence-electron chi connectivity index (χ0n) is 9.98. The quantitative estimate of drug-likeness (QED) is 0.768. The molecule has 2 fully saturated rings. The minimum absolute atomic E-state index is 0.312. The molecule has 2 aliphatic rings. The predicted molar refractivity (Wildman–Crippen MR) is 61.8 cm³/mol. The Bertz CT molecular complexity index is 202. The molecule has 1 saturated carbocycles. The van der Waals surface area contributed by atoms with Crippen molar-refractivity contribution in [2.75, 3.05) is 13.7 Å². The molecule has 1 aliphatic carbocycles. The minimum atomic E-state index is 0.312. The third-order valence-electron chi connectivity index (χ3n) is 4.07. The number of piperidine rings is 1. The van der Waals surface area contributed by atoms with Crippen molar-refractivity contribution in [2.45, 2.75) is 63.3 Å². The lowest BCUT2D eigenvalue weighted by Gasteiger charge is -2.49. The molecule has 0 aromatic heterocycles. The third kappa shape index (κ3) is 2.35. The molecule has 2 N–H and O–H groups in total. The normalized spacial score (nSPS) is 39.8. The molecule has 0 bridgehead atoms. The minimum Gasteiger partial charge on any atom is -0.381 e. The summed E-state index contributed by atoms with van der Waals surface area (Å²) in [5.41, 5.74) is 6.07. The van der Waals surface area contributed by atoms with E-state index in [1.807, 2.05) is 7.11 Å². The summed E-state index contributed by atoms with van der Waals surface area (Å²) in [6.07, 6.45) is 6.90. The highest BCUT2D eigenvalue weighted by Gasteiger charge is 2.38. The lowest BCUT2D eigenvalue weighted by atomic mass is 9.84. The molecule has 2 atom stereocenters. The molecule has 1 saturated heterocycles. The first-order chi connectivity index (χ1) is 7.22. The van der Waals surface area contributed by atoms with Gasteiger partial charge in [0.1, 0.15) is 0 Å². The van der Waals surface area contributed by atoms with Crippen LogP contribution in [0.15, 0.2) is 0 Å². The van der Waals surface area contributed by atoms with E-state index in [4.69, 9.17) is 10.5 Å². The van der Waals surface area contributed by atoms with Crippen LogP contribution in [0.25, 0.3) is 0 Å². The molecule has 2 unspecified atom stereocenters. The van der Waals surface area contributed by atoms with E-state index >= 15 is 0 Å². The van der Waals surface area contributed by atoms with Crippen molar-refractivity contribution >= 4 is 0 Å². The highest BCUT2D eigenvalue weighted by atomic mass is 16.5. The Labute approximate surface area is 93.0 Å². The van der Waals surface area contributed by atoms with E-state index in [1.54, 1.807) is 0 Å². The van der Waals surface area contributed by atoms with Crippen LogP contribution in [0.3, 0.4) is 0 Å². The van der Waals surface area contributed by atoms with E-state index in [0.29, 0.717) is 18.2 Å². The van der Waals surface area contributed by atoms with Gasteiger partial charge in [-0.2, -0.15) is 0 Å². The first-order valence-corrected chi connectivity index (χ1v) is 6.26. The highest BCUT2D eigenvalue weighted by molar-refractivity contribution is 4.94. The van der Waals surface area contributed by atoms with Gasteiger partial charge in [0, 0.05) is 25.2 Å². The fraction of sp³-hybridized carbons (Fsp3) is 1.00. The topological polar surface area (TPSA) is 38.5 Å². The van der Waals surface area contributed by atoms with Crippen molar-refractivity contribution in [3.63, 3.8) is 0 Å². The van der Waals surface area contributed by atoms with Crippen LogP contribution in [0.1, 0.15) is 39.0 Å². The Kier molecular flexibility index (Phi) is 3.65. The molecule has 1 heterocycles. The molecule has 0 aromatic carbocycles. The second-order valence-corrected chi connectivity index (χ2v) is 5.14. The SMILES string of the molecule is COC1CC(N2CCCCC2C(C)N)C1. The molecule has 88 valence electrons. The smallest absolute Gasteiger partial charge is 0.0601 e. The lowest BCUT2D eigenvalue weighted by Crippen LogP contribution is -2.58. The Balaban J connectivity index is 1.88. The zero-order chi connectivity index (χ0) is 10.8. The maximum absolute atomic E-state index is 6.07. The average molecular weight is 212 g/mol. The van der Waals surface area contributed by atoms with Crippen molar-refractivity contribution in [1.82, 2.24) is 4.90 Å². The van der Waals surface area contributed by atoms with Crippen molar-refractivity contribution in [2.24, 2.45) is 5.73 Å². The molecule has 0 amide bonds. The molecule has 3 heteroatoms. The van der Waals surface area contributed by atoms with Gasteiger partial charge in [0.15, 0.2) is 0 Å². The van der Waals surface area contributed by atoms with E-state index in [-0.39, 0.29) is 0 Å². The first-order valence-electron chi connectivity index (χ1n) is 6.26. The van der Waals surface area contributed by atoms with E-state index in [9.17, 15) is 0 Å². The Morgan fingerprint density at radius 2 is 2.07 bits per heavy atom. The fourth-order valence-corrected chi connectivity index (χ4v) is 3.00. The second kappa shape index (κ2) is 4.81. The lowest BCUT2D eigenvalue weighted by molar-refractivity contribution is -0.0524. The maximum atomic E-state index is 6.07. The van der Waals surface area contributed by atoms with Crippen LogP contribution in [0.2, 0.25) is 0 Å². The van der Waals surface area contributed by atoms with E-state index < -0.39 is 0 Å². The van der Waals surface area contributed by atoms with Crippen LogP contribution in [0.4, 0.5) is 0 Å². The number of ether oxygens (including phenoxy) is 1. The van der Waals surface area contributed by atoms with Crippen LogP contribution in [-0.2, 0) is 4.74 Å². The van der Waals surface area contributed by atoms with Crippen LogP contribution in [-0.4, -0.2) is 42.8 Å². The molecular weight excluding hydrogens is 188 g/mol. The summed E-state index contributed by atoms with van der Waals surface area (Å²) in [7, 11) is 1.82. The van der Waals surface area contributed by atoms with Gasteiger partial charge in [-0.3, -0.25) is 4.90 Å². The van der Waals surface area contributed by atoms with Crippen molar-refractivity contribution < 1.29 is 4.74 Å². The zero-order valence-corrected chi connectivity index (χ0v) is 9.98. The number of methoxy groups -OCH3 is 1. The number of nitrogens with two attached hydrogens (primary N) is 1. The van der Waals surface area contributed by atoms with Crippen molar-refractivity contribution in [1.29, 1.82) is 0 Å².